The van der Waals surface area contributed by atoms with E-state index in [-0.39, 0.29) is 29.1 Å². The Bertz CT molecular complexity index is 1520. The second-order valence-electron chi connectivity index (χ2n) is 7.40. The van der Waals surface area contributed by atoms with Crippen LogP contribution < -0.4 is 5.56 Å². The maximum atomic E-state index is 13.1. The number of hydrogen-bond donors (Lipinski definition) is 0. The van der Waals surface area contributed by atoms with E-state index in [9.17, 15) is 18.0 Å². The Labute approximate surface area is 183 Å². The van der Waals surface area contributed by atoms with E-state index in [0.717, 1.165) is 23.3 Å². The van der Waals surface area contributed by atoms with Crippen molar-refractivity contribution in [2.45, 2.75) is 19.6 Å². The van der Waals surface area contributed by atoms with Gasteiger partial charge in [0.1, 0.15) is 11.7 Å². The van der Waals surface area contributed by atoms with E-state index in [0.29, 0.717) is 5.89 Å². The minimum Gasteiger partial charge on any atom is -0.334 e. The van der Waals surface area contributed by atoms with Crippen LogP contribution in [0.2, 0.25) is 0 Å². The largest absolute Gasteiger partial charge is 0.416 e. The summed E-state index contributed by atoms with van der Waals surface area (Å²) in [5, 5.41) is 8.14. The third-order valence-corrected chi connectivity index (χ3v) is 5.05. The highest BCUT2D eigenvalue weighted by molar-refractivity contribution is 5.75. The first kappa shape index (κ1) is 20.6. The smallest absolute Gasteiger partial charge is 0.334 e. The fourth-order valence-electron chi connectivity index (χ4n) is 3.35. The monoisotopic (exact) mass is 452 g/mol. The molecule has 0 aliphatic carbocycles. The van der Waals surface area contributed by atoms with Gasteiger partial charge in [0.15, 0.2) is 11.5 Å². The van der Waals surface area contributed by atoms with E-state index in [1.807, 2.05) is 31.2 Å². The van der Waals surface area contributed by atoms with Gasteiger partial charge in [-0.3, -0.25) is 9.36 Å². The fourth-order valence-corrected chi connectivity index (χ4v) is 3.35. The second-order valence-corrected chi connectivity index (χ2v) is 7.40. The van der Waals surface area contributed by atoms with Crippen molar-refractivity contribution in [1.82, 2.24) is 29.5 Å². The normalized spacial score (nSPS) is 11.9. The van der Waals surface area contributed by atoms with E-state index >= 15 is 0 Å². The van der Waals surface area contributed by atoms with Crippen LogP contribution in [0.1, 0.15) is 17.0 Å². The molecule has 5 rings (SSSR count). The summed E-state index contributed by atoms with van der Waals surface area (Å²) in [6.45, 7) is 1.97. The Balaban J connectivity index is 1.46. The second kappa shape index (κ2) is 7.69. The van der Waals surface area contributed by atoms with Crippen molar-refractivity contribution >= 4 is 11.0 Å². The number of hydrogen-bond acceptors (Lipinski definition) is 6. The average molecular weight is 452 g/mol. The van der Waals surface area contributed by atoms with Crippen molar-refractivity contribution in [2.75, 3.05) is 0 Å². The van der Waals surface area contributed by atoms with Crippen LogP contribution >= 0.6 is 0 Å². The van der Waals surface area contributed by atoms with Gasteiger partial charge in [-0.05, 0) is 37.3 Å². The predicted octanol–water partition coefficient (Wildman–Crippen LogP) is 4.01. The highest BCUT2D eigenvalue weighted by Crippen LogP contribution is 2.30. The first-order valence-corrected chi connectivity index (χ1v) is 9.80. The molecule has 2 aromatic carbocycles. The molecule has 0 saturated carbocycles. The van der Waals surface area contributed by atoms with Gasteiger partial charge in [0.2, 0.25) is 0 Å². The first-order chi connectivity index (χ1) is 15.8. The maximum Gasteiger partial charge on any atom is 0.416 e. The Morgan fingerprint density at radius 2 is 1.88 bits per heavy atom. The van der Waals surface area contributed by atoms with Gasteiger partial charge in [0, 0.05) is 5.56 Å². The molecule has 0 atom stereocenters. The molecule has 0 N–H and O–H groups in total. The van der Waals surface area contributed by atoms with Crippen LogP contribution in [0.15, 0.2) is 70.4 Å². The highest BCUT2D eigenvalue weighted by Gasteiger charge is 2.30. The molecule has 0 radical (unpaired) electrons. The van der Waals surface area contributed by atoms with Crippen LogP contribution in [0.3, 0.4) is 0 Å². The summed E-state index contributed by atoms with van der Waals surface area (Å²) in [4.78, 5) is 21.5. The van der Waals surface area contributed by atoms with Crippen molar-refractivity contribution in [1.29, 1.82) is 0 Å². The number of halogens is 3. The van der Waals surface area contributed by atoms with E-state index in [2.05, 4.69) is 20.2 Å². The zero-order valence-corrected chi connectivity index (χ0v) is 17.1. The zero-order chi connectivity index (χ0) is 23.2. The van der Waals surface area contributed by atoms with Gasteiger partial charge in [-0.25, -0.2) is 9.67 Å². The number of aromatic nitrogens is 6. The third-order valence-electron chi connectivity index (χ3n) is 5.05. The van der Waals surface area contributed by atoms with Gasteiger partial charge in [0.05, 0.1) is 24.0 Å². The lowest BCUT2D eigenvalue weighted by atomic mass is 10.1. The van der Waals surface area contributed by atoms with E-state index in [4.69, 9.17) is 4.52 Å². The number of alkyl halides is 3. The van der Waals surface area contributed by atoms with Crippen LogP contribution in [-0.4, -0.2) is 29.5 Å². The third kappa shape index (κ3) is 3.88. The van der Waals surface area contributed by atoms with Crippen LogP contribution in [0.4, 0.5) is 13.2 Å². The Morgan fingerprint density at radius 1 is 1.09 bits per heavy atom. The van der Waals surface area contributed by atoms with Gasteiger partial charge in [-0.1, -0.05) is 28.9 Å². The molecular weight excluding hydrogens is 437 g/mol. The molecule has 0 unspecified atom stereocenters. The number of rotatable bonds is 4. The first-order valence-electron chi connectivity index (χ1n) is 9.80. The van der Waals surface area contributed by atoms with Crippen LogP contribution in [0, 0.1) is 6.92 Å². The van der Waals surface area contributed by atoms with Crippen LogP contribution in [-0.2, 0) is 12.7 Å². The minimum absolute atomic E-state index is 0.00583. The Hall–Kier alpha value is -4.28. The molecule has 0 aliphatic rings. The Kier molecular flexibility index (Phi) is 4.81. The molecule has 0 spiro atoms. The number of fused-ring (bicyclic) bond motifs is 1. The average Bonchev–Trinajstić information content (AvgIpc) is 3.43. The van der Waals surface area contributed by atoms with Crippen LogP contribution in [0.5, 0.6) is 0 Å². The summed E-state index contributed by atoms with van der Waals surface area (Å²) in [7, 11) is 0. The number of benzene rings is 2. The highest BCUT2D eigenvalue weighted by atomic mass is 19.4. The Morgan fingerprint density at radius 3 is 2.64 bits per heavy atom. The zero-order valence-electron chi connectivity index (χ0n) is 17.1. The summed E-state index contributed by atoms with van der Waals surface area (Å²) in [5.41, 5.74) is 0.880. The maximum absolute atomic E-state index is 13.1. The molecule has 0 saturated heterocycles. The van der Waals surface area contributed by atoms with Crippen molar-refractivity contribution in [3.63, 3.8) is 0 Å². The van der Waals surface area contributed by atoms with Crippen LogP contribution in [0.25, 0.3) is 28.2 Å². The summed E-state index contributed by atoms with van der Waals surface area (Å²) in [6, 6.07) is 12.2. The molecule has 3 aromatic heterocycles. The number of aryl methyl sites for hydroxylation is 1. The molecule has 0 aliphatic heterocycles. The van der Waals surface area contributed by atoms with E-state index in [1.54, 1.807) is 0 Å². The van der Waals surface area contributed by atoms with Gasteiger partial charge in [-0.15, -0.1) is 0 Å². The van der Waals surface area contributed by atoms with Gasteiger partial charge in [-0.2, -0.15) is 23.3 Å². The quantitative estimate of drug-likeness (QED) is 0.409. The van der Waals surface area contributed by atoms with Gasteiger partial charge in [0.25, 0.3) is 11.4 Å². The molecule has 8 nitrogen and oxygen atoms in total. The predicted molar refractivity (Wildman–Crippen MR) is 112 cm³/mol. The van der Waals surface area contributed by atoms with Crippen molar-refractivity contribution in [3.05, 3.63) is 88.4 Å². The molecule has 5 aromatic rings. The molecule has 0 amide bonds. The molecule has 166 valence electrons. The molecular formula is C22H15F3N6O2. The number of nitrogens with zero attached hydrogens (tertiary/aromatic N) is 6. The van der Waals surface area contributed by atoms with Gasteiger partial charge < -0.3 is 4.52 Å². The molecule has 3 heterocycles. The molecule has 11 heteroatoms. The van der Waals surface area contributed by atoms with E-state index < -0.39 is 17.3 Å². The standard InChI is InChI=1S/C22H15F3N6O2/c1-13-5-7-14(8-6-13)20-28-18(29-33-20)11-30-12-26-19-17(21(30)32)10-27-31(19)16-4-2-3-15(9-16)22(23,24)25/h2-10,12H,11H2,1H3. The van der Waals surface area contributed by atoms with Crippen molar-refractivity contribution in [3.8, 4) is 17.1 Å². The molecule has 33 heavy (non-hydrogen) atoms. The lowest BCUT2D eigenvalue weighted by Crippen LogP contribution is -2.21. The fraction of sp³-hybridized carbons (Fsp3) is 0.136. The minimum atomic E-state index is -4.50. The summed E-state index contributed by atoms with van der Waals surface area (Å²) in [6.07, 6.45) is -1.95. The van der Waals surface area contributed by atoms with Crippen molar-refractivity contribution in [2.24, 2.45) is 0 Å². The summed E-state index contributed by atoms with van der Waals surface area (Å²) in [5.74, 6) is 0.601. The molecule has 0 bridgehead atoms. The van der Waals surface area contributed by atoms with E-state index in [1.165, 1.54) is 33.9 Å². The van der Waals surface area contributed by atoms with Gasteiger partial charge >= 0.3 is 6.18 Å². The lowest BCUT2D eigenvalue weighted by Gasteiger charge is -2.09. The van der Waals surface area contributed by atoms with Crippen molar-refractivity contribution < 1.29 is 17.7 Å². The summed E-state index contributed by atoms with van der Waals surface area (Å²) < 4.78 is 46.9. The molecule has 0 fully saturated rings. The topological polar surface area (TPSA) is 91.6 Å². The summed E-state index contributed by atoms with van der Waals surface area (Å²) >= 11 is 0. The lowest BCUT2D eigenvalue weighted by molar-refractivity contribution is -0.137. The SMILES string of the molecule is Cc1ccc(-c2nc(Cn3cnc4c(cnn4-c4cccc(C(F)(F)F)c4)c3=O)no2)cc1.